The molecule has 0 aliphatic heterocycles. The van der Waals surface area contributed by atoms with Crippen molar-refractivity contribution in [2.75, 3.05) is 0 Å². The first-order chi connectivity index (χ1) is 6.46. The highest BCUT2D eigenvalue weighted by Crippen LogP contribution is 2.33. The first kappa shape index (κ1) is 10.8. The molecular weight excluding hydrogens is 196 g/mol. The summed E-state index contributed by atoms with van der Waals surface area (Å²) in [6.45, 7) is 1.53. The minimum atomic E-state index is -4.52. The van der Waals surface area contributed by atoms with Crippen LogP contribution >= 0.6 is 0 Å². The topological polar surface area (TPSA) is 0 Å². The van der Waals surface area contributed by atoms with Gasteiger partial charge in [-0.05, 0) is 19.1 Å². The van der Waals surface area contributed by atoms with Crippen LogP contribution in [0.1, 0.15) is 18.1 Å². The van der Waals surface area contributed by atoms with Crippen LogP contribution in [0.15, 0.2) is 24.3 Å². The zero-order valence-electron chi connectivity index (χ0n) is 7.40. The van der Waals surface area contributed by atoms with E-state index in [2.05, 4.69) is 0 Å². The van der Waals surface area contributed by atoms with Gasteiger partial charge in [0.25, 0.3) is 0 Å². The maximum Gasteiger partial charge on any atom is 0.417 e. The van der Waals surface area contributed by atoms with E-state index >= 15 is 0 Å². The van der Waals surface area contributed by atoms with Crippen LogP contribution in [0.3, 0.4) is 0 Å². The minimum absolute atomic E-state index is 0.414. The van der Waals surface area contributed by atoms with Crippen molar-refractivity contribution in [2.24, 2.45) is 0 Å². The van der Waals surface area contributed by atoms with Gasteiger partial charge in [-0.2, -0.15) is 13.2 Å². The Labute approximate surface area is 78.9 Å². The lowest BCUT2D eigenvalue weighted by Crippen LogP contribution is -2.08. The van der Waals surface area contributed by atoms with Crippen LogP contribution in [0, 0.1) is 5.82 Å². The number of benzene rings is 1. The van der Waals surface area contributed by atoms with E-state index in [4.69, 9.17) is 0 Å². The molecule has 0 nitrogen and oxygen atoms in total. The summed E-state index contributed by atoms with van der Waals surface area (Å²) in [5, 5.41) is 0. The molecule has 0 atom stereocenters. The van der Waals surface area contributed by atoms with E-state index in [9.17, 15) is 17.6 Å². The number of alkyl halides is 3. The average molecular weight is 204 g/mol. The van der Waals surface area contributed by atoms with Gasteiger partial charge in [0, 0.05) is 5.56 Å². The molecule has 14 heavy (non-hydrogen) atoms. The molecule has 0 bridgehead atoms. The highest BCUT2D eigenvalue weighted by molar-refractivity contribution is 5.55. The van der Waals surface area contributed by atoms with Gasteiger partial charge in [0.1, 0.15) is 5.82 Å². The molecule has 0 aromatic heterocycles. The van der Waals surface area contributed by atoms with Crippen LogP contribution in [0.2, 0.25) is 0 Å². The first-order valence-electron chi connectivity index (χ1n) is 3.95. The number of allylic oxidation sites excluding steroid dienone is 1. The zero-order valence-corrected chi connectivity index (χ0v) is 7.40. The van der Waals surface area contributed by atoms with Crippen molar-refractivity contribution in [3.05, 3.63) is 41.2 Å². The molecule has 4 heteroatoms. The highest BCUT2D eigenvalue weighted by Gasteiger charge is 2.33. The normalized spacial score (nSPS) is 12.4. The molecule has 0 fully saturated rings. The molecule has 0 N–H and O–H groups in total. The number of hydrogen-bond donors (Lipinski definition) is 0. The molecule has 76 valence electrons. The molecule has 0 saturated carbocycles. The van der Waals surface area contributed by atoms with Gasteiger partial charge in [0.05, 0.1) is 5.56 Å². The number of hydrogen-bond acceptors (Lipinski definition) is 0. The fourth-order valence-electron chi connectivity index (χ4n) is 1.12. The van der Waals surface area contributed by atoms with Gasteiger partial charge in [-0.25, -0.2) is 4.39 Å². The van der Waals surface area contributed by atoms with Crippen molar-refractivity contribution >= 4 is 6.08 Å². The molecule has 1 aromatic rings. The molecule has 0 spiro atoms. The summed E-state index contributed by atoms with van der Waals surface area (Å²) in [5.74, 6) is -0.863. The van der Waals surface area contributed by atoms with Crippen LogP contribution < -0.4 is 0 Å². The van der Waals surface area contributed by atoms with E-state index in [1.54, 1.807) is 0 Å². The SMILES string of the molecule is C/C=C/c1c(F)cccc1C(F)(F)F. The Bertz CT molecular complexity index is 350. The summed E-state index contributed by atoms with van der Waals surface area (Å²) < 4.78 is 50.1. The molecule has 0 amide bonds. The molecule has 0 radical (unpaired) electrons. The first-order valence-corrected chi connectivity index (χ1v) is 3.95. The summed E-state index contributed by atoms with van der Waals surface area (Å²) in [7, 11) is 0. The Balaban J connectivity index is 3.36. The third kappa shape index (κ3) is 2.13. The highest BCUT2D eigenvalue weighted by atomic mass is 19.4. The van der Waals surface area contributed by atoms with E-state index in [1.807, 2.05) is 0 Å². The second kappa shape index (κ2) is 3.82. The Kier molecular flexibility index (Phi) is 2.93. The maximum absolute atomic E-state index is 13.0. The Morgan fingerprint density at radius 3 is 2.36 bits per heavy atom. The van der Waals surface area contributed by atoms with Gasteiger partial charge in [-0.1, -0.05) is 18.2 Å². The average Bonchev–Trinajstić information content (AvgIpc) is 2.07. The van der Waals surface area contributed by atoms with Crippen LogP contribution in [0.5, 0.6) is 0 Å². The van der Waals surface area contributed by atoms with E-state index in [-0.39, 0.29) is 0 Å². The standard InChI is InChI=1S/C10H8F4/c1-2-4-7-8(10(12,13)14)5-3-6-9(7)11/h2-6H,1H3/b4-2+. The molecule has 0 aliphatic rings. The van der Waals surface area contributed by atoms with Crippen LogP contribution in [-0.2, 0) is 6.18 Å². The van der Waals surface area contributed by atoms with E-state index < -0.39 is 23.1 Å². The van der Waals surface area contributed by atoms with Crippen LogP contribution in [-0.4, -0.2) is 0 Å². The summed E-state index contributed by atoms with van der Waals surface area (Å²) in [6.07, 6.45) is -2.04. The predicted molar refractivity (Wildman–Crippen MR) is 46.1 cm³/mol. The van der Waals surface area contributed by atoms with E-state index in [0.717, 1.165) is 24.3 Å². The predicted octanol–water partition coefficient (Wildman–Crippen LogP) is 3.88. The van der Waals surface area contributed by atoms with Crippen molar-refractivity contribution in [1.82, 2.24) is 0 Å². The molecule has 0 heterocycles. The van der Waals surface area contributed by atoms with Crippen molar-refractivity contribution in [1.29, 1.82) is 0 Å². The van der Waals surface area contributed by atoms with Crippen molar-refractivity contribution < 1.29 is 17.6 Å². The Morgan fingerprint density at radius 1 is 1.21 bits per heavy atom. The van der Waals surface area contributed by atoms with Crippen LogP contribution in [0.25, 0.3) is 6.08 Å². The second-order valence-electron chi connectivity index (χ2n) is 2.70. The lowest BCUT2D eigenvalue weighted by molar-refractivity contribution is -0.137. The summed E-state index contributed by atoms with van der Waals surface area (Å²) in [6, 6.07) is 2.91. The minimum Gasteiger partial charge on any atom is -0.206 e. The fraction of sp³-hybridized carbons (Fsp3) is 0.200. The third-order valence-electron chi connectivity index (χ3n) is 1.69. The summed E-state index contributed by atoms with van der Waals surface area (Å²) in [5.41, 5.74) is -1.36. The van der Waals surface area contributed by atoms with Gasteiger partial charge in [-0.3, -0.25) is 0 Å². The van der Waals surface area contributed by atoms with E-state index in [0.29, 0.717) is 0 Å². The monoisotopic (exact) mass is 204 g/mol. The largest absolute Gasteiger partial charge is 0.417 e. The van der Waals surface area contributed by atoms with Gasteiger partial charge in [-0.15, -0.1) is 0 Å². The van der Waals surface area contributed by atoms with Gasteiger partial charge in [0.2, 0.25) is 0 Å². The Hall–Kier alpha value is -1.32. The smallest absolute Gasteiger partial charge is 0.206 e. The van der Waals surface area contributed by atoms with Crippen molar-refractivity contribution in [3.63, 3.8) is 0 Å². The molecular formula is C10H8F4. The van der Waals surface area contributed by atoms with Gasteiger partial charge >= 0.3 is 6.18 Å². The number of halogens is 4. The Morgan fingerprint density at radius 2 is 1.86 bits per heavy atom. The molecule has 1 rings (SSSR count). The molecule has 0 unspecified atom stereocenters. The van der Waals surface area contributed by atoms with Crippen molar-refractivity contribution in [2.45, 2.75) is 13.1 Å². The summed E-state index contributed by atoms with van der Waals surface area (Å²) in [4.78, 5) is 0. The van der Waals surface area contributed by atoms with Gasteiger partial charge in [0.15, 0.2) is 0 Å². The maximum atomic E-state index is 13.0. The molecule has 0 aliphatic carbocycles. The summed E-state index contributed by atoms with van der Waals surface area (Å²) >= 11 is 0. The third-order valence-corrected chi connectivity index (χ3v) is 1.69. The van der Waals surface area contributed by atoms with E-state index in [1.165, 1.54) is 13.0 Å². The van der Waals surface area contributed by atoms with Crippen LogP contribution in [0.4, 0.5) is 17.6 Å². The van der Waals surface area contributed by atoms with Crippen molar-refractivity contribution in [3.8, 4) is 0 Å². The molecule has 1 aromatic carbocycles. The second-order valence-corrected chi connectivity index (χ2v) is 2.70. The van der Waals surface area contributed by atoms with Gasteiger partial charge < -0.3 is 0 Å². The quantitative estimate of drug-likeness (QED) is 0.609. The number of rotatable bonds is 1. The molecule has 0 saturated heterocycles. The fourth-order valence-corrected chi connectivity index (χ4v) is 1.12. The lowest BCUT2D eigenvalue weighted by atomic mass is 10.1. The zero-order chi connectivity index (χ0) is 10.8. The lowest BCUT2D eigenvalue weighted by Gasteiger charge is -2.10.